The number of benzene rings is 2. The zero-order valence-electron chi connectivity index (χ0n) is 11.8. The molecule has 2 amide bonds. The van der Waals surface area contributed by atoms with Gasteiger partial charge in [0.05, 0.1) is 11.8 Å². The fraction of sp³-hybridized carbons (Fsp3) is 0.222. The molecule has 0 aromatic heterocycles. The van der Waals surface area contributed by atoms with Crippen molar-refractivity contribution < 1.29 is 14.7 Å². The lowest BCUT2D eigenvalue weighted by atomic mass is 9.64. The fourth-order valence-corrected chi connectivity index (χ4v) is 3.82. The molecule has 110 valence electrons. The number of aliphatic hydroxyl groups is 1. The number of fused-ring (bicyclic) bond motifs is 2. The van der Waals surface area contributed by atoms with E-state index in [0.29, 0.717) is 17.5 Å². The molecule has 4 rings (SSSR count). The number of amides is 2. The Labute approximate surface area is 127 Å². The highest BCUT2D eigenvalue weighted by Gasteiger charge is 2.58. The summed E-state index contributed by atoms with van der Waals surface area (Å²) >= 11 is 0. The summed E-state index contributed by atoms with van der Waals surface area (Å²) in [5.74, 6) is -1.99. The van der Waals surface area contributed by atoms with Gasteiger partial charge in [-0.3, -0.25) is 14.9 Å². The van der Waals surface area contributed by atoms with Crippen LogP contribution in [0.4, 0.5) is 0 Å². The van der Waals surface area contributed by atoms with Crippen LogP contribution in [0.15, 0.2) is 54.6 Å². The van der Waals surface area contributed by atoms with Crippen LogP contribution in [-0.4, -0.2) is 16.9 Å². The first kappa shape index (κ1) is 13.2. The summed E-state index contributed by atoms with van der Waals surface area (Å²) in [4.78, 5) is 24.4. The van der Waals surface area contributed by atoms with Crippen molar-refractivity contribution in [3.05, 3.63) is 71.3 Å². The van der Waals surface area contributed by atoms with E-state index >= 15 is 0 Å². The van der Waals surface area contributed by atoms with Crippen molar-refractivity contribution in [3.8, 4) is 0 Å². The van der Waals surface area contributed by atoms with Crippen molar-refractivity contribution in [3.63, 3.8) is 0 Å². The third kappa shape index (κ3) is 1.61. The topological polar surface area (TPSA) is 66.4 Å². The lowest BCUT2D eigenvalue weighted by molar-refractivity contribution is -0.131. The predicted molar refractivity (Wildman–Crippen MR) is 79.7 cm³/mol. The second-order valence-electron chi connectivity index (χ2n) is 5.93. The van der Waals surface area contributed by atoms with E-state index in [-0.39, 0.29) is 5.91 Å². The number of rotatable bonds is 1. The molecule has 0 bridgehead atoms. The Hall–Kier alpha value is -2.46. The maximum Gasteiger partial charge on any atom is 0.234 e. The van der Waals surface area contributed by atoms with Crippen LogP contribution in [0.5, 0.6) is 0 Å². The maximum absolute atomic E-state index is 12.3. The lowest BCUT2D eigenvalue weighted by Gasteiger charge is -2.41. The largest absolute Gasteiger partial charge is 0.380 e. The molecule has 2 aromatic rings. The average Bonchev–Trinajstić information content (AvgIpc) is 2.83. The Morgan fingerprint density at radius 1 is 0.955 bits per heavy atom. The zero-order chi connectivity index (χ0) is 15.3. The molecule has 0 saturated carbocycles. The first-order chi connectivity index (χ1) is 10.6. The van der Waals surface area contributed by atoms with Gasteiger partial charge in [0.1, 0.15) is 5.60 Å². The Balaban J connectivity index is 2.00. The minimum atomic E-state index is -1.48. The predicted octanol–water partition coefficient (Wildman–Crippen LogP) is 1.37. The number of hydrogen-bond acceptors (Lipinski definition) is 3. The molecule has 4 heteroatoms. The van der Waals surface area contributed by atoms with Crippen LogP contribution in [0.1, 0.15) is 16.7 Å². The van der Waals surface area contributed by atoms with Gasteiger partial charge in [-0.15, -0.1) is 0 Å². The molecule has 1 aliphatic heterocycles. The molecule has 4 nitrogen and oxygen atoms in total. The number of carbonyl (C=O) groups excluding carboxylic acids is 2. The van der Waals surface area contributed by atoms with Crippen molar-refractivity contribution in [2.45, 2.75) is 12.0 Å². The Morgan fingerprint density at radius 3 is 2.41 bits per heavy atom. The van der Waals surface area contributed by atoms with Crippen molar-refractivity contribution in [2.24, 2.45) is 11.8 Å². The average molecular weight is 293 g/mol. The van der Waals surface area contributed by atoms with Gasteiger partial charge in [0.2, 0.25) is 11.8 Å². The van der Waals surface area contributed by atoms with Gasteiger partial charge < -0.3 is 5.11 Å². The van der Waals surface area contributed by atoms with E-state index in [2.05, 4.69) is 5.32 Å². The summed E-state index contributed by atoms with van der Waals surface area (Å²) in [6, 6.07) is 16.6. The quantitative estimate of drug-likeness (QED) is 0.780. The van der Waals surface area contributed by atoms with E-state index in [1.807, 2.05) is 42.5 Å². The van der Waals surface area contributed by atoms with Crippen molar-refractivity contribution in [2.75, 3.05) is 0 Å². The van der Waals surface area contributed by atoms with Gasteiger partial charge in [-0.1, -0.05) is 54.6 Å². The molecule has 1 saturated heterocycles. The summed E-state index contributed by atoms with van der Waals surface area (Å²) in [6.07, 6.45) is 0.480. The molecule has 2 N–H and O–H groups in total. The van der Waals surface area contributed by atoms with Crippen LogP contribution in [0.3, 0.4) is 0 Å². The zero-order valence-corrected chi connectivity index (χ0v) is 11.8. The van der Waals surface area contributed by atoms with E-state index in [9.17, 15) is 14.7 Å². The van der Waals surface area contributed by atoms with Crippen molar-refractivity contribution in [1.29, 1.82) is 0 Å². The number of nitrogens with one attached hydrogen (secondary N) is 1. The van der Waals surface area contributed by atoms with Crippen LogP contribution in [0, 0.1) is 11.8 Å². The smallest absolute Gasteiger partial charge is 0.234 e. The summed E-state index contributed by atoms with van der Waals surface area (Å²) in [7, 11) is 0. The third-order valence-corrected chi connectivity index (χ3v) is 4.80. The second kappa shape index (κ2) is 4.52. The third-order valence-electron chi connectivity index (χ3n) is 4.80. The molecule has 2 aromatic carbocycles. The standard InChI is InChI=1S/C18H15NO3/c20-16-13-10-11-6-4-5-9-14(11)18(22,15(13)17(21)19-16)12-7-2-1-3-8-12/h1-9,13,15,22H,10H2,(H,19,20,21)/t13-,15+,18+/m0/s1. The molecule has 3 atom stereocenters. The summed E-state index contributed by atoms with van der Waals surface area (Å²) in [5, 5.41) is 13.9. The number of carbonyl (C=O) groups is 2. The van der Waals surface area contributed by atoms with Crippen LogP contribution >= 0.6 is 0 Å². The molecular weight excluding hydrogens is 278 g/mol. The fourth-order valence-electron chi connectivity index (χ4n) is 3.82. The summed E-state index contributed by atoms with van der Waals surface area (Å²) in [5.41, 5.74) is 0.797. The molecule has 1 aliphatic carbocycles. The van der Waals surface area contributed by atoms with Gasteiger partial charge >= 0.3 is 0 Å². The number of imide groups is 1. The molecule has 0 spiro atoms. The van der Waals surface area contributed by atoms with Gasteiger partial charge in [0.15, 0.2) is 0 Å². The van der Waals surface area contributed by atoms with Gasteiger partial charge in [0.25, 0.3) is 0 Å². The van der Waals surface area contributed by atoms with Crippen LogP contribution in [-0.2, 0) is 21.6 Å². The van der Waals surface area contributed by atoms with Gasteiger partial charge in [-0.25, -0.2) is 0 Å². The van der Waals surface area contributed by atoms with E-state index in [4.69, 9.17) is 0 Å². The van der Waals surface area contributed by atoms with Gasteiger partial charge in [0, 0.05) is 0 Å². The second-order valence-corrected chi connectivity index (χ2v) is 5.93. The molecule has 2 aliphatic rings. The van der Waals surface area contributed by atoms with Gasteiger partial charge in [-0.05, 0) is 23.1 Å². The molecule has 1 heterocycles. The van der Waals surface area contributed by atoms with Crippen LogP contribution < -0.4 is 5.32 Å². The Kier molecular flexibility index (Phi) is 2.71. The molecule has 1 fully saturated rings. The first-order valence-corrected chi connectivity index (χ1v) is 7.33. The Morgan fingerprint density at radius 2 is 1.64 bits per heavy atom. The van der Waals surface area contributed by atoms with Crippen LogP contribution in [0.2, 0.25) is 0 Å². The molecule has 0 unspecified atom stereocenters. The van der Waals surface area contributed by atoms with E-state index in [1.54, 1.807) is 12.1 Å². The van der Waals surface area contributed by atoms with Crippen molar-refractivity contribution in [1.82, 2.24) is 5.32 Å². The summed E-state index contributed by atoms with van der Waals surface area (Å²) < 4.78 is 0. The highest BCUT2D eigenvalue weighted by molar-refractivity contribution is 6.06. The minimum Gasteiger partial charge on any atom is -0.380 e. The van der Waals surface area contributed by atoms with E-state index in [1.165, 1.54) is 0 Å². The highest BCUT2D eigenvalue weighted by Crippen LogP contribution is 2.48. The van der Waals surface area contributed by atoms with E-state index in [0.717, 1.165) is 5.56 Å². The molecule has 0 radical (unpaired) electrons. The maximum atomic E-state index is 12.3. The Bertz CT molecular complexity index is 771. The SMILES string of the molecule is O=C1NC(=O)[C@H]2[C@@H]1Cc1ccccc1[C@]2(O)c1ccccc1. The lowest BCUT2D eigenvalue weighted by Crippen LogP contribution is -2.47. The van der Waals surface area contributed by atoms with Gasteiger partial charge in [-0.2, -0.15) is 0 Å². The number of hydrogen-bond donors (Lipinski definition) is 2. The molecular formula is C18H15NO3. The van der Waals surface area contributed by atoms with Crippen molar-refractivity contribution >= 4 is 11.8 Å². The monoisotopic (exact) mass is 293 g/mol. The normalized spacial score (nSPS) is 29.7. The van der Waals surface area contributed by atoms with E-state index < -0.39 is 23.3 Å². The van der Waals surface area contributed by atoms with Crippen LogP contribution in [0.25, 0.3) is 0 Å². The first-order valence-electron chi connectivity index (χ1n) is 7.33. The summed E-state index contributed by atoms with van der Waals surface area (Å²) in [6.45, 7) is 0. The minimum absolute atomic E-state index is 0.293. The highest BCUT2D eigenvalue weighted by atomic mass is 16.3. The molecule has 22 heavy (non-hydrogen) atoms.